The summed E-state index contributed by atoms with van der Waals surface area (Å²) in [4.78, 5) is 60.5. The van der Waals surface area contributed by atoms with Crippen molar-refractivity contribution in [1.29, 1.82) is 0 Å². The average Bonchev–Trinajstić information content (AvgIpc) is 2.89. The highest BCUT2D eigenvalue weighted by atomic mass is 32.2. The zero-order valence-electron chi connectivity index (χ0n) is 13.7. The molecular weight excluding hydrogens is 392 g/mol. The molecule has 1 rings (SSSR count). The van der Waals surface area contributed by atoms with E-state index in [0.29, 0.717) is 5.75 Å². The highest BCUT2D eigenvalue weighted by molar-refractivity contribution is 8.13. The van der Waals surface area contributed by atoms with Crippen molar-refractivity contribution in [1.82, 2.24) is 0 Å². The first-order valence-electron chi connectivity index (χ1n) is 7.23. The lowest BCUT2D eigenvalue weighted by atomic mass is 10.3. The number of aliphatic carboxylic acids is 3. The lowest BCUT2D eigenvalue weighted by molar-refractivity contribution is -0.152. The van der Waals surface area contributed by atoms with E-state index in [1.54, 1.807) is 0 Å². The largest absolute Gasteiger partial charge is 0.481 e. The number of hydrogen-bond acceptors (Lipinski definition) is 9. The van der Waals surface area contributed by atoms with Crippen molar-refractivity contribution < 1.29 is 48.8 Å². The number of carboxylic acids is 3. The molecule has 1 fully saturated rings. The third kappa shape index (κ3) is 21.9. The van der Waals surface area contributed by atoms with Gasteiger partial charge in [0.2, 0.25) is 0 Å². The molecule has 148 valence electrons. The molecule has 0 saturated carbocycles. The number of thioether (sulfide) groups is 1. The molecule has 0 aliphatic carbocycles. The van der Waals surface area contributed by atoms with E-state index in [2.05, 4.69) is 17.4 Å². The van der Waals surface area contributed by atoms with Crippen molar-refractivity contribution in [3.63, 3.8) is 0 Å². The SMILES string of the molecule is O=C(O)CCS.O=C(O)CCSC(=O)CCC(=O)O.O=C1CCC(=O)O1. The van der Waals surface area contributed by atoms with Crippen LogP contribution < -0.4 is 0 Å². The molecule has 0 spiro atoms. The van der Waals surface area contributed by atoms with Gasteiger partial charge in [0.05, 0.1) is 32.1 Å². The van der Waals surface area contributed by atoms with E-state index in [-0.39, 0.29) is 49.4 Å². The summed E-state index contributed by atoms with van der Waals surface area (Å²) in [6, 6.07) is 0. The molecule has 26 heavy (non-hydrogen) atoms. The number of hydrogen-bond donors (Lipinski definition) is 4. The summed E-state index contributed by atoms with van der Waals surface area (Å²) in [5, 5.41) is 24.0. The zero-order chi connectivity index (χ0) is 20.5. The average molecular weight is 412 g/mol. The van der Waals surface area contributed by atoms with Crippen LogP contribution >= 0.6 is 24.4 Å². The van der Waals surface area contributed by atoms with Crippen LogP contribution in [0.15, 0.2) is 0 Å². The van der Waals surface area contributed by atoms with Crippen LogP contribution in [0, 0.1) is 0 Å². The predicted molar refractivity (Wildman–Crippen MR) is 93.0 cm³/mol. The Morgan fingerprint density at radius 2 is 1.31 bits per heavy atom. The number of cyclic esters (lactones) is 2. The van der Waals surface area contributed by atoms with Gasteiger partial charge in [0.25, 0.3) is 0 Å². The van der Waals surface area contributed by atoms with Crippen molar-refractivity contribution in [3.8, 4) is 0 Å². The summed E-state index contributed by atoms with van der Waals surface area (Å²) in [5.74, 6) is -2.94. The molecule has 1 aliphatic rings. The monoisotopic (exact) mass is 412 g/mol. The van der Waals surface area contributed by atoms with Gasteiger partial charge >= 0.3 is 29.8 Å². The van der Waals surface area contributed by atoms with Crippen LogP contribution in [0.3, 0.4) is 0 Å². The highest BCUT2D eigenvalue weighted by Crippen LogP contribution is 2.08. The second-order valence-electron chi connectivity index (χ2n) is 4.47. The molecule has 0 aromatic rings. The number of carbonyl (C=O) groups excluding carboxylic acids is 3. The highest BCUT2D eigenvalue weighted by Gasteiger charge is 2.19. The van der Waals surface area contributed by atoms with Crippen LogP contribution in [0.25, 0.3) is 0 Å². The van der Waals surface area contributed by atoms with Gasteiger partial charge in [-0.2, -0.15) is 12.6 Å². The van der Waals surface area contributed by atoms with E-state index < -0.39 is 29.8 Å². The molecule has 3 N–H and O–H groups in total. The number of carbonyl (C=O) groups is 6. The molecule has 1 saturated heterocycles. The minimum absolute atomic E-state index is 0.0420. The first-order valence-corrected chi connectivity index (χ1v) is 8.85. The summed E-state index contributed by atoms with van der Waals surface area (Å²) < 4.78 is 4.08. The van der Waals surface area contributed by atoms with Crippen LogP contribution in [0.4, 0.5) is 0 Å². The van der Waals surface area contributed by atoms with Gasteiger partial charge < -0.3 is 20.1 Å². The lowest BCUT2D eigenvalue weighted by Gasteiger charge is -1.96. The van der Waals surface area contributed by atoms with E-state index in [1.165, 1.54) is 0 Å². The Labute approximate surface area is 158 Å². The number of rotatable bonds is 8. The molecule has 10 nitrogen and oxygen atoms in total. The normalized spacial score (nSPS) is 12.0. The smallest absolute Gasteiger partial charge is 0.314 e. The van der Waals surface area contributed by atoms with Crippen LogP contribution in [0.1, 0.15) is 38.5 Å². The van der Waals surface area contributed by atoms with Crippen LogP contribution in [-0.2, 0) is 33.5 Å². The van der Waals surface area contributed by atoms with Crippen molar-refractivity contribution in [2.24, 2.45) is 0 Å². The Bertz CT molecular complexity index is 504. The Morgan fingerprint density at radius 3 is 1.58 bits per heavy atom. The number of ether oxygens (including phenoxy) is 1. The number of carboxylic acid groups (broad SMARTS) is 3. The Kier molecular flexibility index (Phi) is 16.5. The second kappa shape index (κ2) is 16.4. The fourth-order valence-electron chi connectivity index (χ4n) is 1.06. The van der Waals surface area contributed by atoms with Crippen molar-refractivity contribution in [3.05, 3.63) is 0 Å². The second-order valence-corrected chi connectivity index (χ2v) is 6.07. The van der Waals surface area contributed by atoms with Gasteiger partial charge in [-0.15, -0.1) is 0 Å². The van der Waals surface area contributed by atoms with Gasteiger partial charge in [-0.1, -0.05) is 11.8 Å². The molecule has 12 heteroatoms. The van der Waals surface area contributed by atoms with Crippen LogP contribution in [0.2, 0.25) is 0 Å². The van der Waals surface area contributed by atoms with Crippen molar-refractivity contribution in [2.75, 3.05) is 11.5 Å². The van der Waals surface area contributed by atoms with E-state index >= 15 is 0 Å². The number of esters is 2. The van der Waals surface area contributed by atoms with Gasteiger partial charge in [-0.05, 0) is 0 Å². The number of thiol groups is 1. The molecule has 0 atom stereocenters. The lowest BCUT2D eigenvalue weighted by Crippen LogP contribution is -2.02. The maximum atomic E-state index is 10.8. The van der Waals surface area contributed by atoms with Gasteiger partial charge in [0.1, 0.15) is 0 Å². The summed E-state index contributed by atoms with van der Waals surface area (Å²) in [6.07, 6.45) is 0.364. The van der Waals surface area contributed by atoms with Crippen molar-refractivity contribution >= 4 is 59.4 Å². The maximum absolute atomic E-state index is 10.8. The topological polar surface area (TPSA) is 172 Å². The van der Waals surface area contributed by atoms with Gasteiger partial charge in [0, 0.05) is 17.9 Å². The standard InChI is InChI=1S/C7H10O5S.C4H4O3.C3H6O2S/c8-5(9)1-2-7(12)13-4-3-6(10)11;5-3-1-2-4(6)7-3;4-3(5)1-2-6/h1-4H2,(H,8,9)(H,10,11);1-2H2;6H,1-2H2,(H,4,5). The molecule has 1 aliphatic heterocycles. The fraction of sp³-hybridized carbons (Fsp3) is 0.571. The minimum Gasteiger partial charge on any atom is -0.481 e. The predicted octanol–water partition coefficient (Wildman–Crippen LogP) is 0.827. The maximum Gasteiger partial charge on any atom is 0.314 e. The molecule has 0 aromatic carbocycles. The Morgan fingerprint density at radius 1 is 0.846 bits per heavy atom. The zero-order valence-corrected chi connectivity index (χ0v) is 15.4. The van der Waals surface area contributed by atoms with E-state index in [9.17, 15) is 28.8 Å². The first kappa shape index (κ1) is 26.2. The summed E-state index contributed by atoms with van der Waals surface area (Å²) >= 11 is 4.54. The molecule has 0 amide bonds. The quantitative estimate of drug-likeness (QED) is 0.252. The molecular formula is C14H20O10S2. The van der Waals surface area contributed by atoms with Gasteiger partial charge in [-0.25, -0.2) is 0 Å². The summed E-state index contributed by atoms with van der Waals surface area (Å²) in [5.41, 5.74) is 0. The first-order chi connectivity index (χ1) is 12.1. The Balaban J connectivity index is 0. The third-order valence-electron chi connectivity index (χ3n) is 2.21. The van der Waals surface area contributed by atoms with Crippen LogP contribution in [-0.4, -0.2) is 61.8 Å². The molecule has 0 aromatic heterocycles. The molecule has 0 bridgehead atoms. The van der Waals surface area contributed by atoms with Crippen LogP contribution in [0.5, 0.6) is 0 Å². The van der Waals surface area contributed by atoms with Gasteiger partial charge in [0.15, 0.2) is 5.12 Å². The van der Waals surface area contributed by atoms with E-state index in [1.807, 2.05) is 0 Å². The van der Waals surface area contributed by atoms with Crippen molar-refractivity contribution in [2.45, 2.75) is 38.5 Å². The minimum atomic E-state index is -1.02. The molecule has 1 heterocycles. The van der Waals surface area contributed by atoms with Gasteiger partial charge in [-0.3, -0.25) is 28.8 Å². The van der Waals surface area contributed by atoms with E-state index in [0.717, 1.165) is 11.8 Å². The fourth-order valence-corrected chi connectivity index (χ4v) is 2.00. The van der Waals surface area contributed by atoms with E-state index in [4.69, 9.17) is 15.3 Å². The summed E-state index contributed by atoms with van der Waals surface area (Å²) in [7, 11) is 0. The Hall–Kier alpha value is -2.08. The summed E-state index contributed by atoms with van der Waals surface area (Å²) in [6.45, 7) is 0. The molecule has 0 radical (unpaired) electrons. The third-order valence-corrected chi connectivity index (χ3v) is 3.37. The molecule has 0 unspecified atom stereocenters.